The van der Waals surface area contributed by atoms with E-state index in [9.17, 15) is 28.8 Å². The van der Waals surface area contributed by atoms with Crippen LogP contribution in [0.4, 0.5) is 0 Å². The summed E-state index contributed by atoms with van der Waals surface area (Å²) in [5, 5.41) is 17.9. The van der Waals surface area contributed by atoms with E-state index in [-0.39, 0.29) is 59.0 Å². The molecule has 2 saturated carbocycles. The number of benzene rings is 4. The number of carbonyl (C=O) groups is 6. The van der Waals surface area contributed by atoms with Crippen LogP contribution in [0.25, 0.3) is 0 Å². The van der Waals surface area contributed by atoms with E-state index in [1.807, 2.05) is 24.3 Å². The molecule has 3 amide bonds. The van der Waals surface area contributed by atoms with Crippen LogP contribution in [0.15, 0.2) is 158 Å². The number of rotatable bonds is 11. The van der Waals surface area contributed by atoms with Crippen molar-refractivity contribution in [2.75, 3.05) is 0 Å². The molecule has 0 radical (unpaired) electrons. The highest BCUT2D eigenvalue weighted by atomic mass is 16.4. The van der Waals surface area contributed by atoms with E-state index >= 15 is 0 Å². The molecule has 0 aliphatic heterocycles. The molecule has 4 atom stereocenters. The third-order valence-electron chi connectivity index (χ3n) is 11.3. The third kappa shape index (κ3) is 13.7. The van der Waals surface area contributed by atoms with Gasteiger partial charge in [0.15, 0.2) is 11.6 Å². The number of pyridine rings is 2. The van der Waals surface area contributed by atoms with Crippen LogP contribution in [0.3, 0.4) is 0 Å². The minimum absolute atomic E-state index is 0.0512. The monoisotopic (exact) mass is 872 g/mol. The first kappa shape index (κ1) is 46.9. The fourth-order valence-electron chi connectivity index (χ4n) is 7.63. The number of nitrogens with zero attached hydrogens (tertiary/aromatic N) is 2. The molecule has 332 valence electrons. The van der Waals surface area contributed by atoms with Crippen molar-refractivity contribution in [1.29, 1.82) is 0 Å². The van der Waals surface area contributed by atoms with Gasteiger partial charge in [-0.05, 0) is 74.2 Å². The van der Waals surface area contributed by atoms with Gasteiger partial charge in [-0.2, -0.15) is 0 Å². The number of aromatic carboxylic acids is 1. The molecule has 13 nitrogen and oxygen atoms in total. The van der Waals surface area contributed by atoms with Crippen molar-refractivity contribution in [3.05, 3.63) is 203 Å². The van der Waals surface area contributed by atoms with Crippen molar-refractivity contribution >= 4 is 35.3 Å². The molecule has 2 heterocycles. The molecule has 2 fully saturated rings. The molecule has 6 aromatic rings. The molecule has 6 N–H and O–H groups in total. The van der Waals surface area contributed by atoms with E-state index in [2.05, 4.69) is 25.9 Å². The molecule has 2 aliphatic rings. The van der Waals surface area contributed by atoms with Crippen LogP contribution in [0.1, 0.15) is 125 Å². The van der Waals surface area contributed by atoms with Crippen molar-refractivity contribution in [1.82, 2.24) is 25.9 Å². The van der Waals surface area contributed by atoms with E-state index in [1.54, 1.807) is 110 Å². The van der Waals surface area contributed by atoms with Gasteiger partial charge in [0.25, 0.3) is 17.7 Å². The molecule has 0 spiro atoms. The van der Waals surface area contributed by atoms with Crippen molar-refractivity contribution in [2.45, 2.75) is 75.5 Å². The lowest BCUT2D eigenvalue weighted by Gasteiger charge is -2.32. The van der Waals surface area contributed by atoms with Gasteiger partial charge in [-0.15, -0.1) is 0 Å². The minimum atomic E-state index is -0.997. The van der Waals surface area contributed by atoms with Crippen LogP contribution in [0.2, 0.25) is 0 Å². The first-order chi connectivity index (χ1) is 31.6. The lowest BCUT2D eigenvalue weighted by molar-refractivity contribution is 0.0695. The molecular formula is C52H52N6O7. The number of hydrogen-bond donors (Lipinski definition) is 5. The van der Waals surface area contributed by atoms with E-state index < -0.39 is 5.97 Å². The van der Waals surface area contributed by atoms with E-state index in [1.165, 1.54) is 30.7 Å². The van der Waals surface area contributed by atoms with Gasteiger partial charge in [-0.1, -0.05) is 111 Å². The number of carbonyl (C=O) groups excluding carboxylic acids is 5. The summed E-state index contributed by atoms with van der Waals surface area (Å²) < 4.78 is 0. The number of amides is 3. The maximum atomic E-state index is 12.8. The van der Waals surface area contributed by atoms with Gasteiger partial charge in [-0.3, -0.25) is 33.9 Å². The average Bonchev–Trinajstić information content (AvgIpc) is 3.36. The van der Waals surface area contributed by atoms with Gasteiger partial charge in [0.1, 0.15) is 0 Å². The lowest BCUT2D eigenvalue weighted by Crippen LogP contribution is -2.53. The number of nitrogens with two attached hydrogens (primary N) is 1. The summed E-state index contributed by atoms with van der Waals surface area (Å²) in [7, 11) is 0. The van der Waals surface area contributed by atoms with Gasteiger partial charge in [0.2, 0.25) is 0 Å². The summed E-state index contributed by atoms with van der Waals surface area (Å²) in [6.07, 6.45) is 14.3. The van der Waals surface area contributed by atoms with Gasteiger partial charge in [0, 0.05) is 87.9 Å². The Bertz CT molecular complexity index is 2510. The fraction of sp³-hybridized carbons (Fsp3) is 0.231. The summed E-state index contributed by atoms with van der Waals surface area (Å²) in [5.74, 6) is -1.61. The molecule has 0 saturated heterocycles. The predicted molar refractivity (Wildman–Crippen MR) is 247 cm³/mol. The maximum absolute atomic E-state index is 12.8. The second kappa shape index (κ2) is 23.7. The topological polar surface area (TPSA) is 211 Å². The van der Waals surface area contributed by atoms with Gasteiger partial charge in [-0.25, -0.2) is 4.79 Å². The van der Waals surface area contributed by atoms with Crippen LogP contribution in [-0.4, -0.2) is 74.5 Å². The highest BCUT2D eigenvalue weighted by Gasteiger charge is 2.29. The Hall–Kier alpha value is -7.64. The zero-order valence-corrected chi connectivity index (χ0v) is 35.8. The Labute approximate surface area is 377 Å². The van der Waals surface area contributed by atoms with Crippen LogP contribution < -0.4 is 21.7 Å². The molecule has 4 aromatic carbocycles. The number of hydrogen-bond acceptors (Lipinski definition) is 9. The van der Waals surface area contributed by atoms with Crippen molar-refractivity contribution in [3.8, 4) is 0 Å². The number of carboxylic acid groups (broad SMARTS) is 1. The third-order valence-corrected chi connectivity index (χ3v) is 11.3. The van der Waals surface area contributed by atoms with E-state index in [0.717, 1.165) is 44.9 Å². The molecule has 2 aromatic heterocycles. The molecule has 13 heteroatoms. The van der Waals surface area contributed by atoms with Gasteiger partial charge < -0.3 is 26.8 Å². The standard InChI is InChI=1S/C26H25N3O3.C14H10O3.C12H17N3O/c30-24(18-6-2-1-3-7-18)19-10-12-20(13-11-19)25(31)28-22-8-4-5-9-23(22)29-26(32)21-14-16-27-17-15-21;15-13(10-4-2-1-3-5-10)11-6-8-12(9-7-11)14(16)17;13-10-3-1-2-4-11(10)15-12(16)9-5-7-14-8-6-9/h1-3,6-7,10-17,22-23H,4-5,8-9H2,(H,28,31)(H,29,32);1-9H,(H,16,17);5-8,10-11H,1-4,13H2,(H,15,16)/t22-,23-;;10-,11-/m1.1/s1. The largest absolute Gasteiger partial charge is 0.478 e. The van der Waals surface area contributed by atoms with Gasteiger partial charge in [0.05, 0.1) is 5.56 Å². The predicted octanol–water partition coefficient (Wildman–Crippen LogP) is 7.48. The van der Waals surface area contributed by atoms with Crippen LogP contribution in [0.5, 0.6) is 0 Å². The molecule has 8 rings (SSSR count). The number of ketones is 2. The van der Waals surface area contributed by atoms with Gasteiger partial charge >= 0.3 is 5.97 Å². The first-order valence-corrected chi connectivity index (χ1v) is 21.7. The van der Waals surface area contributed by atoms with E-state index in [4.69, 9.17) is 10.8 Å². The molecule has 2 aliphatic carbocycles. The zero-order valence-electron chi connectivity index (χ0n) is 35.8. The smallest absolute Gasteiger partial charge is 0.335 e. The zero-order chi connectivity index (χ0) is 46.0. The second-order valence-electron chi connectivity index (χ2n) is 15.8. The normalized spacial score (nSPS) is 17.6. The van der Waals surface area contributed by atoms with Crippen molar-refractivity contribution in [2.24, 2.45) is 5.73 Å². The Morgan fingerprint density at radius 1 is 0.400 bits per heavy atom. The lowest BCUT2D eigenvalue weighted by atomic mass is 9.89. The summed E-state index contributed by atoms with van der Waals surface area (Å²) >= 11 is 0. The molecular weight excluding hydrogens is 821 g/mol. The number of carboxylic acids is 1. The summed E-state index contributed by atoms with van der Waals surface area (Å²) in [5.41, 5.74) is 10.1. The highest BCUT2D eigenvalue weighted by Crippen LogP contribution is 2.21. The Kier molecular flexibility index (Phi) is 17.1. The fourth-order valence-corrected chi connectivity index (χ4v) is 7.63. The van der Waals surface area contributed by atoms with Crippen LogP contribution in [-0.2, 0) is 0 Å². The number of nitrogens with one attached hydrogen (secondary N) is 3. The van der Waals surface area contributed by atoms with Crippen molar-refractivity contribution < 1.29 is 33.9 Å². The van der Waals surface area contributed by atoms with Crippen LogP contribution >= 0.6 is 0 Å². The van der Waals surface area contributed by atoms with Crippen molar-refractivity contribution in [3.63, 3.8) is 0 Å². The molecule has 0 unspecified atom stereocenters. The molecule has 0 bridgehead atoms. The maximum Gasteiger partial charge on any atom is 0.335 e. The Morgan fingerprint density at radius 3 is 1.09 bits per heavy atom. The summed E-state index contributed by atoms with van der Waals surface area (Å²) in [6, 6.07) is 37.2. The minimum Gasteiger partial charge on any atom is -0.478 e. The number of aromatic nitrogens is 2. The Morgan fingerprint density at radius 2 is 0.708 bits per heavy atom. The summed E-state index contributed by atoms with van der Waals surface area (Å²) in [4.78, 5) is 80.3. The quantitative estimate of drug-likeness (QED) is 0.0811. The molecule has 65 heavy (non-hydrogen) atoms. The second-order valence-corrected chi connectivity index (χ2v) is 15.8. The summed E-state index contributed by atoms with van der Waals surface area (Å²) in [6.45, 7) is 0. The first-order valence-electron chi connectivity index (χ1n) is 21.7. The Balaban J connectivity index is 0.000000178. The van der Waals surface area contributed by atoms with E-state index in [0.29, 0.717) is 38.9 Å². The van der Waals surface area contributed by atoms with Crippen LogP contribution in [0, 0.1) is 0 Å². The highest BCUT2D eigenvalue weighted by molar-refractivity contribution is 6.10. The average molecular weight is 873 g/mol. The SMILES string of the molecule is N[C@@H]1CCCC[C@H]1NC(=O)c1ccncc1.O=C(N[C@@H]1CCCC[C@H]1NC(=O)c1ccc(C(=O)c2ccccc2)cc1)c1ccncc1.O=C(O)c1ccc(C(=O)c2ccccc2)cc1.